The van der Waals surface area contributed by atoms with Gasteiger partial charge in [-0.1, -0.05) is 0 Å². The molecule has 3 atom stereocenters. The highest BCUT2D eigenvalue weighted by Gasteiger charge is 2.43. The smallest absolute Gasteiger partial charge is 0.136 e. The molecular weight excluding hydrogens is 238 g/mol. The summed E-state index contributed by atoms with van der Waals surface area (Å²) in [4.78, 5) is 9.69. The Bertz CT molecular complexity index is 485. The van der Waals surface area contributed by atoms with Crippen LogP contribution in [-0.2, 0) is 17.6 Å². The molecule has 1 aromatic heterocycles. The Morgan fingerprint density at radius 3 is 2.79 bits per heavy atom. The van der Waals surface area contributed by atoms with Crippen molar-refractivity contribution in [2.24, 2.45) is 0 Å². The molecule has 0 amide bonds. The van der Waals surface area contributed by atoms with Crippen LogP contribution in [0.3, 0.4) is 0 Å². The highest BCUT2D eigenvalue weighted by atomic mass is 16.5. The minimum Gasteiger partial charge on any atom is -0.374 e. The monoisotopic (exact) mass is 259 g/mol. The molecule has 4 rings (SSSR count). The van der Waals surface area contributed by atoms with Crippen LogP contribution in [0.1, 0.15) is 55.1 Å². The third-order valence-corrected chi connectivity index (χ3v) is 4.87. The summed E-state index contributed by atoms with van der Waals surface area (Å²) in [5.74, 6) is 2.51. The summed E-state index contributed by atoms with van der Waals surface area (Å²) in [6, 6.07) is 0. The third kappa shape index (κ3) is 1.84. The summed E-state index contributed by atoms with van der Waals surface area (Å²) in [7, 11) is 1.97. The molecule has 0 radical (unpaired) electrons. The molecule has 0 aromatic carbocycles. The number of fused-ring (bicyclic) bond motifs is 3. The first-order valence-corrected chi connectivity index (χ1v) is 7.58. The fraction of sp³-hybridized carbons (Fsp3) is 0.733. The largest absolute Gasteiger partial charge is 0.374 e. The van der Waals surface area contributed by atoms with Gasteiger partial charge in [-0.15, -0.1) is 0 Å². The summed E-state index contributed by atoms with van der Waals surface area (Å²) in [5.41, 5.74) is 2.63. The van der Waals surface area contributed by atoms with Crippen LogP contribution >= 0.6 is 0 Å². The maximum Gasteiger partial charge on any atom is 0.136 e. The van der Waals surface area contributed by atoms with Gasteiger partial charge in [-0.2, -0.15) is 0 Å². The van der Waals surface area contributed by atoms with E-state index in [1.807, 2.05) is 7.05 Å². The van der Waals surface area contributed by atoms with Crippen LogP contribution in [0.15, 0.2) is 0 Å². The van der Waals surface area contributed by atoms with Crippen LogP contribution in [0.25, 0.3) is 0 Å². The lowest BCUT2D eigenvalue weighted by Crippen LogP contribution is -2.20. The number of hydrogen-bond acceptors (Lipinski definition) is 4. The molecule has 1 N–H and O–H groups in total. The van der Waals surface area contributed by atoms with E-state index >= 15 is 0 Å². The SMILES string of the molecule is CNc1nc(C2CC3CCC2O3)nc2c1CCCC2. The Morgan fingerprint density at radius 1 is 1.16 bits per heavy atom. The molecule has 2 fully saturated rings. The zero-order valence-electron chi connectivity index (χ0n) is 11.5. The van der Waals surface area contributed by atoms with Crippen molar-refractivity contribution in [2.45, 2.75) is 63.1 Å². The second-order valence-electron chi connectivity index (χ2n) is 6.03. The number of anilines is 1. The van der Waals surface area contributed by atoms with E-state index < -0.39 is 0 Å². The molecule has 1 aliphatic carbocycles. The van der Waals surface area contributed by atoms with Gasteiger partial charge in [0.25, 0.3) is 0 Å². The summed E-state index contributed by atoms with van der Waals surface area (Å²) in [6.45, 7) is 0. The number of hydrogen-bond donors (Lipinski definition) is 1. The summed E-state index contributed by atoms with van der Waals surface area (Å²) in [6.07, 6.45) is 9.13. The van der Waals surface area contributed by atoms with Gasteiger partial charge in [-0.3, -0.25) is 0 Å². The Hall–Kier alpha value is -1.16. The topological polar surface area (TPSA) is 47.0 Å². The minimum absolute atomic E-state index is 0.372. The van der Waals surface area contributed by atoms with Gasteiger partial charge >= 0.3 is 0 Å². The third-order valence-electron chi connectivity index (χ3n) is 4.87. The molecule has 2 aliphatic heterocycles. The van der Waals surface area contributed by atoms with Gasteiger partial charge in [0, 0.05) is 24.2 Å². The molecule has 4 nitrogen and oxygen atoms in total. The molecule has 2 bridgehead atoms. The average molecular weight is 259 g/mol. The average Bonchev–Trinajstić information content (AvgIpc) is 3.08. The normalized spacial score (nSPS) is 32.4. The van der Waals surface area contributed by atoms with Crippen LogP contribution < -0.4 is 5.32 Å². The van der Waals surface area contributed by atoms with Gasteiger partial charge in [0.05, 0.1) is 12.2 Å². The van der Waals surface area contributed by atoms with Gasteiger partial charge in [0.1, 0.15) is 11.6 Å². The first kappa shape index (κ1) is 11.6. The second kappa shape index (κ2) is 4.44. The maximum atomic E-state index is 5.96. The predicted molar refractivity (Wildman–Crippen MR) is 73.5 cm³/mol. The quantitative estimate of drug-likeness (QED) is 0.886. The van der Waals surface area contributed by atoms with Gasteiger partial charge in [-0.05, 0) is 44.9 Å². The Labute approximate surface area is 114 Å². The second-order valence-corrected chi connectivity index (χ2v) is 6.03. The maximum absolute atomic E-state index is 5.96. The van der Waals surface area contributed by atoms with E-state index in [1.54, 1.807) is 0 Å². The van der Waals surface area contributed by atoms with Crippen LogP contribution in [0.5, 0.6) is 0 Å². The van der Waals surface area contributed by atoms with Crippen LogP contribution in [0.4, 0.5) is 5.82 Å². The Morgan fingerprint density at radius 2 is 2.05 bits per heavy atom. The van der Waals surface area contributed by atoms with E-state index in [0.717, 1.165) is 30.9 Å². The van der Waals surface area contributed by atoms with Crippen molar-refractivity contribution in [3.63, 3.8) is 0 Å². The number of rotatable bonds is 2. The van der Waals surface area contributed by atoms with E-state index in [9.17, 15) is 0 Å². The fourth-order valence-corrected chi connectivity index (χ4v) is 3.90. The molecule has 0 spiro atoms. The van der Waals surface area contributed by atoms with E-state index in [2.05, 4.69) is 5.32 Å². The summed E-state index contributed by atoms with van der Waals surface area (Å²) < 4.78 is 5.96. The predicted octanol–water partition coefficient (Wildman–Crippen LogP) is 2.43. The van der Waals surface area contributed by atoms with Crippen molar-refractivity contribution < 1.29 is 4.74 Å². The molecule has 102 valence electrons. The van der Waals surface area contributed by atoms with E-state index in [0.29, 0.717) is 18.1 Å². The minimum atomic E-state index is 0.372. The van der Waals surface area contributed by atoms with Crippen molar-refractivity contribution in [3.05, 3.63) is 17.1 Å². The van der Waals surface area contributed by atoms with Crippen molar-refractivity contribution >= 4 is 5.82 Å². The highest BCUT2D eigenvalue weighted by molar-refractivity contribution is 5.47. The van der Waals surface area contributed by atoms with E-state index in [-0.39, 0.29) is 0 Å². The lowest BCUT2D eigenvalue weighted by Gasteiger charge is -2.23. The van der Waals surface area contributed by atoms with Gasteiger partial charge in [0.2, 0.25) is 0 Å². The van der Waals surface area contributed by atoms with Crippen molar-refractivity contribution in [1.29, 1.82) is 0 Å². The zero-order chi connectivity index (χ0) is 12.8. The zero-order valence-corrected chi connectivity index (χ0v) is 11.5. The Kier molecular flexibility index (Phi) is 2.72. The first-order chi connectivity index (χ1) is 9.35. The van der Waals surface area contributed by atoms with Crippen LogP contribution in [0, 0.1) is 0 Å². The van der Waals surface area contributed by atoms with Crippen LogP contribution in [-0.4, -0.2) is 29.2 Å². The van der Waals surface area contributed by atoms with Crippen molar-refractivity contribution in [3.8, 4) is 0 Å². The standard InChI is InChI=1S/C15H21N3O/c1-16-14-10-4-2-3-5-12(10)17-15(18-14)11-8-9-6-7-13(11)19-9/h9,11,13H,2-8H2,1H3,(H,16,17,18). The number of aryl methyl sites for hydroxylation is 1. The number of nitrogens with one attached hydrogen (secondary N) is 1. The molecule has 0 saturated carbocycles. The van der Waals surface area contributed by atoms with Crippen molar-refractivity contribution in [2.75, 3.05) is 12.4 Å². The number of aromatic nitrogens is 2. The molecule has 3 unspecified atom stereocenters. The Balaban J connectivity index is 1.72. The van der Waals surface area contributed by atoms with Crippen LogP contribution in [0.2, 0.25) is 0 Å². The number of ether oxygens (including phenoxy) is 1. The molecular formula is C15H21N3O. The van der Waals surface area contributed by atoms with E-state index in [1.165, 1.54) is 36.9 Å². The lowest BCUT2D eigenvalue weighted by molar-refractivity contribution is 0.0998. The summed E-state index contributed by atoms with van der Waals surface area (Å²) in [5, 5.41) is 3.27. The fourth-order valence-electron chi connectivity index (χ4n) is 3.90. The van der Waals surface area contributed by atoms with E-state index in [4.69, 9.17) is 14.7 Å². The molecule has 4 heteroatoms. The highest BCUT2D eigenvalue weighted by Crippen LogP contribution is 2.44. The first-order valence-electron chi connectivity index (χ1n) is 7.58. The van der Waals surface area contributed by atoms with Gasteiger partial charge in [0.15, 0.2) is 0 Å². The number of nitrogens with zero attached hydrogens (tertiary/aromatic N) is 2. The molecule has 3 heterocycles. The molecule has 2 saturated heterocycles. The molecule has 3 aliphatic rings. The van der Waals surface area contributed by atoms with Gasteiger partial charge < -0.3 is 10.1 Å². The summed E-state index contributed by atoms with van der Waals surface area (Å²) >= 11 is 0. The van der Waals surface area contributed by atoms with Gasteiger partial charge in [-0.25, -0.2) is 9.97 Å². The molecule has 19 heavy (non-hydrogen) atoms. The van der Waals surface area contributed by atoms with Crippen molar-refractivity contribution in [1.82, 2.24) is 9.97 Å². The molecule has 1 aromatic rings. The lowest BCUT2D eigenvalue weighted by atomic mass is 9.88.